The van der Waals surface area contributed by atoms with E-state index in [1.165, 1.54) is 25.9 Å². The molecule has 0 aromatic heterocycles. The second-order valence-electron chi connectivity index (χ2n) is 6.62. The van der Waals surface area contributed by atoms with Gasteiger partial charge in [-0.05, 0) is 63.2 Å². The molecular weight excluding hydrogens is 430 g/mol. The molecule has 138 valence electrons. The molecule has 0 spiro atoms. The first kappa shape index (κ1) is 19.0. The Morgan fingerprint density at radius 1 is 0.769 bits per heavy atom. The predicted octanol–water partition coefficient (Wildman–Crippen LogP) is 7.39. The summed E-state index contributed by atoms with van der Waals surface area (Å²) in [7, 11) is 0. The van der Waals surface area contributed by atoms with Gasteiger partial charge in [-0.25, -0.2) is 0 Å². The summed E-state index contributed by atoms with van der Waals surface area (Å²) in [6, 6.07) is 7.51. The molecule has 2 aromatic carbocycles. The maximum absolute atomic E-state index is 6.58. The average Bonchev–Trinajstić information content (AvgIpc) is 3.06. The molecule has 1 fully saturated rings. The Labute approximate surface area is 178 Å². The molecule has 0 radical (unpaired) electrons. The molecule has 0 bridgehead atoms. The van der Waals surface area contributed by atoms with Gasteiger partial charge in [-0.15, -0.1) is 0 Å². The first-order valence-electron chi connectivity index (χ1n) is 8.69. The molecule has 2 aliphatic rings. The Hall–Kier alpha value is -0.290. The van der Waals surface area contributed by atoms with E-state index >= 15 is 0 Å². The first-order valence-corrected chi connectivity index (χ1v) is 11.0. The summed E-state index contributed by atoms with van der Waals surface area (Å²) in [5, 5.41) is 2.57. The van der Waals surface area contributed by atoms with E-state index in [9.17, 15) is 0 Å². The Balaban J connectivity index is 1.69. The van der Waals surface area contributed by atoms with Crippen LogP contribution in [0.5, 0.6) is 0 Å². The second-order valence-corrected chi connectivity index (χ2v) is 9.40. The standard InChI is InChI=1S/C19H18Cl4N2S/c20-12-8-14(22)18-16(10-12)26-17-11-13(21)9-15(23)19(17)25(18)7-3-6-24-4-1-2-5-24/h8-11H,1-7H2. The van der Waals surface area contributed by atoms with E-state index < -0.39 is 0 Å². The maximum Gasteiger partial charge on any atom is 0.0743 e. The first-order chi connectivity index (χ1) is 12.5. The van der Waals surface area contributed by atoms with Crippen molar-refractivity contribution >= 4 is 69.5 Å². The zero-order chi connectivity index (χ0) is 18.3. The molecule has 2 aromatic rings. The maximum atomic E-state index is 6.58. The Morgan fingerprint density at radius 3 is 1.85 bits per heavy atom. The van der Waals surface area contributed by atoms with Gasteiger partial charge < -0.3 is 9.80 Å². The lowest BCUT2D eigenvalue weighted by Crippen LogP contribution is -2.27. The number of likely N-dealkylation sites (tertiary alicyclic amines) is 1. The number of halogens is 4. The molecule has 4 rings (SSSR count). The highest BCUT2D eigenvalue weighted by molar-refractivity contribution is 7.99. The van der Waals surface area contributed by atoms with Crippen LogP contribution in [-0.4, -0.2) is 31.1 Å². The highest BCUT2D eigenvalue weighted by Gasteiger charge is 2.28. The van der Waals surface area contributed by atoms with Crippen LogP contribution in [0.25, 0.3) is 0 Å². The van der Waals surface area contributed by atoms with Crippen molar-refractivity contribution in [1.29, 1.82) is 0 Å². The van der Waals surface area contributed by atoms with E-state index in [0.717, 1.165) is 40.7 Å². The molecule has 7 heteroatoms. The van der Waals surface area contributed by atoms with Crippen molar-refractivity contribution in [3.63, 3.8) is 0 Å². The van der Waals surface area contributed by atoms with Gasteiger partial charge in [-0.1, -0.05) is 58.2 Å². The van der Waals surface area contributed by atoms with Crippen LogP contribution in [0.15, 0.2) is 34.1 Å². The smallest absolute Gasteiger partial charge is 0.0743 e. The van der Waals surface area contributed by atoms with Crippen molar-refractivity contribution in [3.05, 3.63) is 44.4 Å². The molecule has 0 aliphatic carbocycles. The summed E-state index contributed by atoms with van der Waals surface area (Å²) in [4.78, 5) is 6.83. The molecule has 2 heterocycles. The fourth-order valence-corrected chi connectivity index (χ4v) is 6.35. The van der Waals surface area contributed by atoms with E-state index in [0.29, 0.717) is 20.1 Å². The molecule has 0 atom stereocenters. The van der Waals surface area contributed by atoms with Crippen molar-refractivity contribution in [2.75, 3.05) is 31.1 Å². The van der Waals surface area contributed by atoms with Crippen LogP contribution in [-0.2, 0) is 0 Å². The minimum atomic E-state index is 0.634. The van der Waals surface area contributed by atoms with Gasteiger partial charge in [0.05, 0.1) is 21.4 Å². The molecule has 1 saturated heterocycles. The van der Waals surface area contributed by atoms with Gasteiger partial charge in [0.2, 0.25) is 0 Å². The van der Waals surface area contributed by atoms with E-state index in [4.69, 9.17) is 46.4 Å². The van der Waals surface area contributed by atoms with Crippen LogP contribution < -0.4 is 4.90 Å². The van der Waals surface area contributed by atoms with Crippen molar-refractivity contribution in [2.24, 2.45) is 0 Å². The lowest BCUT2D eigenvalue weighted by atomic mass is 10.2. The summed E-state index contributed by atoms with van der Waals surface area (Å²) >= 11 is 27.2. The van der Waals surface area contributed by atoms with E-state index in [1.54, 1.807) is 23.9 Å². The van der Waals surface area contributed by atoms with Gasteiger partial charge in [0, 0.05) is 26.4 Å². The van der Waals surface area contributed by atoms with Crippen molar-refractivity contribution in [2.45, 2.75) is 29.1 Å². The van der Waals surface area contributed by atoms with Crippen molar-refractivity contribution in [1.82, 2.24) is 4.90 Å². The number of anilines is 2. The normalized spacial score (nSPS) is 16.7. The number of fused-ring (bicyclic) bond motifs is 2. The van der Waals surface area contributed by atoms with E-state index in [1.807, 2.05) is 12.1 Å². The van der Waals surface area contributed by atoms with Crippen LogP contribution >= 0.6 is 58.2 Å². The topological polar surface area (TPSA) is 6.48 Å². The Morgan fingerprint density at radius 2 is 1.31 bits per heavy atom. The highest BCUT2D eigenvalue weighted by atomic mass is 35.5. The third-order valence-corrected chi connectivity index (χ3v) is 6.88. The SMILES string of the molecule is Clc1cc(Cl)c2c(c1)Sc1cc(Cl)cc(Cl)c1N2CCCN1CCCC1. The van der Waals surface area contributed by atoms with Crippen molar-refractivity contribution in [3.8, 4) is 0 Å². The predicted molar refractivity (Wildman–Crippen MR) is 114 cm³/mol. The monoisotopic (exact) mass is 446 g/mol. The minimum Gasteiger partial charge on any atom is -0.337 e. The third-order valence-electron chi connectivity index (χ3n) is 4.80. The molecular formula is C19H18Cl4N2S. The van der Waals surface area contributed by atoms with Crippen LogP contribution in [0.3, 0.4) is 0 Å². The largest absolute Gasteiger partial charge is 0.337 e. The molecule has 0 N–H and O–H groups in total. The number of benzene rings is 2. The van der Waals surface area contributed by atoms with Gasteiger partial charge in [0.15, 0.2) is 0 Å². The van der Waals surface area contributed by atoms with Crippen LogP contribution in [0.1, 0.15) is 19.3 Å². The fraction of sp³-hybridized carbons (Fsp3) is 0.368. The third kappa shape index (κ3) is 3.80. The molecule has 2 aliphatic heterocycles. The summed E-state index contributed by atoms with van der Waals surface area (Å²) in [6.45, 7) is 4.34. The fourth-order valence-electron chi connectivity index (χ4n) is 3.68. The Bertz CT molecular complexity index is 779. The van der Waals surface area contributed by atoms with E-state index in [2.05, 4.69) is 9.80 Å². The molecule has 2 nitrogen and oxygen atoms in total. The number of nitrogens with zero attached hydrogens (tertiary/aromatic N) is 2. The van der Waals surface area contributed by atoms with E-state index in [-0.39, 0.29) is 0 Å². The number of rotatable bonds is 4. The summed E-state index contributed by atoms with van der Waals surface area (Å²) in [6.07, 6.45) is 3.66. The van der Waals surface area contributed by atoms with Gasteiger partial charge in [-0.3, -0.25) is 0 Å². The minimum absolute atomic E-state index is 0.634. The molecule has 0 unspecified atom stereocenters. The average molecular weight is 448 g/mol. The van der Waals surface area contributed by atoms with Crippen LogP contribution in [0.4, 0.5) is 11.4 Å². The zero-order valence-corrected chi connectivity index (χ0v) is 17.9. The number of hydrogen-bond donors (Lipinski definition) is 0. The lowest BCUT2D eigenvalue weighted by Gasteiger charge is -2.35. The van der Waals surface area contributed by atoms with Gasteiger partial charge in [0.25, 0.3) is 0 Å². The number of hydrogen-bond acceptors (Lipinski definition) is 3. The molecule has 0 saturated carbocycles. The molecule has 26 heavy (non-hydrogen) atoms. The highest BCUT2D eigenvalue weighted by Crippen LogP contribution is 2.54. The van der Waals surface area contributed by atoms with Gasteiger partial charge >= 0.3 is 0 Å². The second kappa shape index (κ2) is 7.98. The van der Waals surface area contributed by atoms with Crippen LogP contribution in [0, 0.1) is 0 Å². The van der Waals surface area contributed by atoms with Crippen LogP contribution in [0.2, 0.25) is 20.1 Å². The summed E-state index contributed by atoms with van der Waals surface area (Å²) < 4.78 is 0. The van der Waals surface area contributed by atoms with Gasteiger partial charge in [0.1, 0.15) is 0 Å². The lowest BCUT2D eigenvalue weighted by molar-refractivity contribution is 0.335. The van der Waals surface area contributed by atoms with Gasteiger partial charge in [-0.2, -0.15) is 0 Å². The summed E-state index contributed by atoms with van der Waals surface area (Å²) in [5.74, 6) is 0. The molecule has 0 amide bonds. The zero-order valence-electron chi connectivity index (χ0n) is 14.1. The quantitative estimate of drug-likeness (QED) is 0.482. The Kier molecular flexibility index (Phi) is 5.85. The summed E-state index contributed by atoms with van der Waals surface area (Å²) in [5.41, 5.74) is 1.97. The van der Waals surface area contributed by atoms with Crippen molar-refractivity contribution < 1.29 is 0 Å².